The quantitative estimate of drug-likeness (QED) is 0.887. The summed E-state index contributed by atoms with van der Waals surface area (Å²) < 4.78 is 0. The molecule has 19 heavy (non-hydrogen) atoms. The summed E-state index contributed by atoms with van der Waals surface area (Å²) in [6.45, 7) is 2.92. The van der Waals surface area contributed by atoms with E-state index in [-0.39, 0.29) is 5.69 Å². The van der Waals surface area contributed by atoms with Gasteiger partial charge in [-0.3, -0.25) is 4.90 Å². The Bertz CT molecular complexity index is 448. The monoisotopic (exact) mass is 263 g/mol. The van der Waals surface area contributed by atoms with E-state index in [1.165, 1.54) is 12.8 Å². The molecule has 0 radical (unpaired) electrons. The lowest BCUT2D eigenvalue weighted by Crippen LogP contribution is -2.44. The van der Waals surface area contributed by atoms with Crippen LogP contribution in [0, 0.1) is 0 Å². The van der Waals surface area contributed by atoms with Gasteiger partial charge >= 0.3 is 5.97 Å². The van der Waals surface area contributed by atoms with Crippen molar-refractivity contribution in [2.45, 2.75) is 25.4 Å². The van der Waals surface area contributed by atoms with E-state index in [0.717, 1.165) is 25.2 Å². The number of pyridine rings is 1. The van der Waals surface area contributed by atoms with E-state index in [2.05, 4.69) is 28.9 Å². The highest BCUT2D eigenvalue weighted by atomic mass is 16.4. The number of aromatic nitrogens is 1. The van der Waals surface area contributed by atoms with Crippen LogP contribution in [0.15, 0.2) is 18.3 Å². The van der Waals surface area contributed by atoms with Crippen LogP contribution in [0.3, 0.4) is 0 Å². The van der Waals surface area contributed by atoms with Crippen molar-refractivity contribution in [3.63, 3.8) is 0 Å². The number of carboxylic acids is 1. The molecule has 1 aromatic rings. The van der Waals surface area contributed by atoms with Gasteiger partial charge in [-0.2, -0.15) is 0 Å². The van der Waals surface area contributed by atoms with Crippen molar-refractivity contribution in [3.8, 4) is 0 Å². The Labute approximate surface area is 113 Å². The highest BCUT2D eigenvalue weighted by Crippen LogP contribution is 2.16. The number of carboxylic acid groups (broad SMARTS) is 1. The lowest BCUT2D eigenvalue weighted by molar-refractivity contribution is 0.0690. The highest BCUT2D eigenvalue weighted by molar-refractivity contribution is 5.85. The molecule has 1 aliphatic heterocycles. The molecule has 1 saturated heterocycles. The summed E-state index contributed by atoms with van der Waals surface area (Å²) in [5.41, 5.74) is 1.14. The third-order valence-corrected chi connectivity index (χ3v) is 3.66. The van der Waals surface area contributed by atoms with Crippen LogP contribution in [-0.4, -0.2) is 59.1 Å². The summed E-state index contributed by atoms with van der Waals surface area (Å²) in [5, 5.41) is 8.95. The Kier molecular flexibility index (Phi) is 4.50. The standard InChI is InChI=1S/C14H21N3O2/c1-16(2)12-4-3-7-17(10-12)9-11-5-6-15-13(8-11)14(18)19/h5-6,8,12H,3-4,7,9-10H2,1-2H3,(H,18,19). The summed E-state index contributed by atoms with van der Waals surface area (Å²) in [7, 11) is 4.23. The highest BCUT2D eigenvalue weighted by Gasteiger charge is 2.21. The van der Waals surface area contributed by atoms with Gasteiger partial charge in [0, 0.05) is 25.3 Å². The average Bonchev–Trinajstić information content (AvgIpc) is 2.39. The molecule has 0 aromatic carbocycles. The Morgan fingerprint density at radius 3 is 3.05 bits per heavy atom. The minimum Gasteiger partial charge on any atom is -0.477 e. The summed E-state index contributed by atoms with van der Waals surface area (Å²) in [6, 6.07) is 4.15. The molecule has 0 amide bonds. The van der Waals surface area contributed by atoms with Crippen molar-refractivity contribution in [1.82, 2.24) is 14.8 Å². The zero-order valence-electron chi connectivity index (χ0n) is 11.5. The average molecular weight is 263 g/mol. The lowest BCUT2D eigenvalue weighted by atomic mass is 10.0. The minimum absolute atomic E-state index is 0.124. The zero-order chi connectivity index (χ0) is 13.8. The Balaban J connectivity index is 2.00. The molecule has 104 valence electrons. The van der Waals surface area contributed by atoms with Crippen molar-refractivity contribution < 1.29 is 9.90 Å². The number of likely N-dealkylation sites (N-methyl/N-ethyl adjacent to an activating group) is 1. The number of aromatic carboxylic acids is 1. The fourth-order valence-electron chi connectivity index (χ4n) is 2.54. The van der Waals surface area contributed by atoms with Crippen molar-refractivity contribution >= 4 is 5.97 Å². The van der Waals surface area contributed by atoms with Gasteiger partial charge < -0.3 is 10.0 Å². The van der Waals surface area contributed by atoms with Crippen LogP contribution in [0.2, 0.25) is 0 Å². The summed E-state index contributed by atoms with van der Waals surface area (Å²) >= 11 is 0. The van der Waals surface area contributed by atoms with Crippen molar-refractivity contribution in [1.29, 1.82) is 0 Å². The number of nitrogens with zero attached hydrogens (tertiary/aromatic N) is 3. The molecule has 0 aliphatic carbocycles. The van der Waals surface area contributed by atoms with Gasteiger partial charge in [0.25, 0.3) is 0 Å². The Hall–Kier alpha value is -1.46. The van der Waals surface area contributed by atoms with E-state index in [0.29, 0.717) is 6.04 Å². The van der Waals surface area contributed by atoms with E-state index < -0.39 is 5.97 Å². The number of hydrogen-bond donors (Lipinski definition) is 1. The fraction of sp³-hybridized carbons (Fsp3) is 0.571. The Morgan fingerprint density at radius 2 is 2.37 bits per heavy atom. The SMILES string of the molecule is CN(C)C1CCCN(Cc2ccnc(C(=O)O)c2)C1. The van der Waals surface area contributed by atoms with Crippen LogP contribution in [0.1, 0.15) is 28.9 Å². The first-order valence-corrected chi connectivity index (χ1v) is 6.63. The molecule has 2 rings (SSSR count). The molecule has 1 aromatic heterocycles. The number of carbonyl (C=O) groups is 1. The van der Waals surface area contributed by atoms with Gasteiger partial charge in [0.2, 0.25) is 0 Å². The molecule has 5 nitrogen and oxygen atoms in total. The second-order valence-electron chi connectivity index (χ2n) is 5.35. The van der Waals surface area contributed by atoms with E-state index in [4.69, 9.17) is 5.11 Å². The number of rotatable bonds is 4. The fourth-order valence-corrected chi connectivity index (χ4v) is 2.54. The number of piperidine rings is 1. The molecule has 5 heteroatoms. The zero-order valence-corrected chi connectivity index (χ0v) is 11.5. The second kappa shape index (κ2) is 6.12. The van der Waals surface area contributed by atoms with Gasteiger partial charge in [-0.05, 0) is 51.2 Å². The first-order valence-electron chi connectivity index (χ1n) is 6.63. The predicted octanol–water partition coefficient (Wildman–Crippen LogP) is 1.31. The van der Waals surface area contributed by atoms with Crippen LogP contribution in [0.4, 0.5) is 0 Å². The number of likely N-dealkylation sites (tertiary alicyclic amines) is 1. The first-order chi connectivity index (χ1) is 9.06. The number of hydrogen-bond acceptors (Lipinski definition) is 4. The largest absolute Gasteiger partial charge is 0.477 e. The van der Waals surface area contributed by atoms with Crippen molar-refractivity contribution in [2.75, 3.05) is 27.2 Å². The lowest BCUT2D eigenvalue weighted by Gasteiger charge is -2.36. The molecule has 0 saturated carbocycles. The molecule has 1 N–H and O–H groups in total. The van der Waals surface area contributed by atoms with E-state index in [1.807, 2.05) is 6.07 Å². The molecule has 0 spiro atoms. The smallest absolute Gasteiger partial charge is 0.354 e. The third kappa shape index (κ3) is 3.75. The topological polar surface area (TPSA) is 56.7 Å². The summed E-state index contributed by atoms with van der Waals surface area (Å²) in [4.78, 5) is 19.4. The molecule has 0 bridgehead atoms. The van der Waals surface area contributed by atoms with Crippen molar-refractivity contribution in [2.24, 2.45) is 0 Å². The van der Waals surface area contributed by atoms with Gasteiger partial charge in [0.05, 0.1) is 0 Å². The van der Waals surface area contributed by atoms with Crippen LogP contribution in [0.25, 0.3) is 0 Å². The molecule has 1 unspecified atom stereocenters. The molecular formula is C14H21N3O2. The Morgan fingerprint density at radius 1 is 1.58 bits per heavy atom. The van der Waals surface area contributed by atoms with Gasteiger partial charge in [-0.25, -0.2) is 9.78 Å². The van der Waals surface area contributed by atoms with E-state index in [1.54, 1.807) is 12.3 Å². The second-order valence-corrected chi connectivity index (χ2v) is 5.35. The first kappa shape index (κ1) is 14.0. The normalized spacial score (nSPS) is 20.7. The molecule has 1 atom stereocenters. The minimum atomic E-state index is -0.966. The van der Waals surface area contributed by atoms with Gasteiger partial charge in [0.1, 0.15) is 5.69 Å². The maximum atomic E-state index is 10.9. The van der Waals surface area contributed by atoms with Gasteiger partial charge in [0.15, 0.2) is 0 Å². The maximum absolute atomic E-state index is 10.9. The van der Waals surface area contributed by atoms with Gasteiger partial charge in [-0.1, -0.05) is 0 Å². The van der Waals surface area contributed by atoms with E-state index in [9.17, 15) is 4.79 Å². The van der Waals surface area contributed by atoms with Crippen LogP contribution in [0.5, 0.6) is 0 Å². The molecule has 1 aliphatic rings. The summed E-state index contributed by atoms with van der Waals surface area (Å²) in [5.74, 6) is -0.966. The molecule has 1 fully saturated rings. The predicted molar refractivity (Wildman–Crippen MR) is 73.2 cm³/mol. The van der Waals surface area contributed by atoms with Crippen LogP contribution < -0.4 is 0 Å². The molecule has 2 heterocycles. The third-order valence-electron chi connectivity index (χ3n) is 3.66. The van der Waals surface area contributed by atoms with Crippen LogP contribution in [-0.2, 0) is 6.54 Å². The molecular weight excluding hydrogens is 242 g/mol. The maximum Gasteiger partial charge on any atom is 0.354 e. The van der Waals surface area contributed by atoms with E-state index >= 15 is 0 Å². The van der Waals surface area contributed by atoms with Gasteiger partial charge in [-0.15, -0.1) is 0 Å². The van der Waals surface area contributed by atoms with Crippen molar-refractivity contribution in [3.05, 3.63) is 29.6 Å². The summed E-state index contributed by atoms with van der Waals surface area (Å²) in [6.07, 6.45) is 4.01. The van der Waals surface area contributed by atoms with Crippen LogP contribution >= 0.6 is 0 Å².